The summed E-state index contributed by atoms with van der Waals surface area (Å²) in [7, 11) is 0. The summed E-state index contributed by atoms with van der Waals surface area (Å²) in [6.07, 6.45) is 0.483. The molecule has 156 valence electrons. The van der Waals surface area contributed by atoms with Gasteiger partial charge in [-0.05, 0) is 62.2 Å². The van der Waals surface area contributed by atoms with Crippen molar-refractivity contribution in [2.45, 2.75) is 50.7 Å². The molecule has 0 radical (unpaired) electrons. The molecule has 0 saturated heterocycles. The van der Waals surface area contributed by atoms with Gasteiger partial charge in [0.15, 0.2) is 0 Å². The number of amides is 2. The Labute approximate surface area is 180 Å². The van der Waals surface area contributed by atoms with Gasteiger partial charge in [-0.1, -0.05) is 30.7 Å². The van der Waals surface area contributed by atoms with Crippen molar-refractivity contribution < 1.29 is 14.0 Å². The molecule has 0 aliphatic heterocycles. The van der Waals surface area contributed by atoms with Crippen LogP contribution in [0.4, 0.5) is 4.39 Å². The summed E-state index contributed by atoms with van der Waals surface area (Å²) in [5.41, 5.74) is 0.770. The standard InChI is InChI=1S/C22H26ClFN2O2S/c1-4-20(22(28)25-15(2)3)26(13-16-5-9-18(24)10-6-16)21(27)14-29-19-11-7-17(23)8-12-19/h5-12,15,20H,4,13-14H2,1-3H3,(H,25,28)/t20-/m1/s1. The second-order valence-electron chi connectivity index (χ2n) is 6.98. The summed E-state index contributed by atoms with van der Waals surface area (Å²) in [4.78, 5) is 28.3. The van der Waals surface area contributed by atoms with Gasteiger partial charge in [0.25, 0.3) is 0 Å². The fourth-order valence-corrected chi connectivity index (χ4v) is 3.76. The SMILES string of the molecule is CC[C@H](C(=O)NC(C)C)N(Cc1ccc(F)cc1)C(=O)CSc1ccc(Cl)cc1. The van der Waals surface area contributed by atoms with Gasteiger partial charge >= 0.3 is 0 Å². The smallest absolute Gasteiger partial charge is 0.243 e. The van der Waals surface area contributed by atoms with Gasteiger partial charge in [-0.15, -0.1) is 11.8 Å². The molecule has 0 fully saturated rings. The van der Waals surface area contributed by atoms with Crippen LogP contribution in [0.2, 0.25) is 5.02 Å². The van der Waals surface area contributed by atoms with E-state index in [0.29, 0.717) is 11.4 Å². The zero-order valence-corrected chi connectivity index (χ0v) is 18.4. The van der Waals surface area contributed by atoms with Crippen LogP contribution in [-0.2, 0) is 16.1 Å². The zero-order chi connectivity index (χ0) is 21.4. The Morgan fingerprint density at radius 3 is 2.28 bits per heavy atom. The van der Waals surface area contributed by atoms with E-state index >= 15 is 0 Å². The molecule has 2 amide bonds. The van der Waals surface area contributed by atoms with Crippen molar-refractivity contribution in [1.29, 1.82) is 0 Å². The maximum Gasteiger partial charge on any atom is 0.243 e. The summed E-state index contributed by atoms with van der Waals surface area (Å²) >= 11 is 7.30. The maximum absolute atomic E-state index is 13.3. The van der Waals surface area contributed by atoms with E-state index in [9.17, 15) is 14.0 Å². The van der Waals surface area contributed by atoms with Gasteiger partial charge in [-0.3, -0.25) is 9.59 Å². The van der Waals surface area contributed by atoms with Crippen LogP contribution in [0.15, 0.2) is 53.4 Å². The molecule has 2 aromatic rings. The topological polar surface area (TPSA) is 49.4 Å². The first-order valence-corrected chi connectivity index (χ1v) is 10.9. The second kappa shape index (κ2) is 11.2. The minimum Gasteiger partial charge on any atom is -0.352 e. The second-order valence-corrected chi connectivity index (χ2v) is 8.46. The molecule has 0 bridgehead atoms. The molecular weight excluding hydrogens is 411 g/mol. The third kappa shape index (κ3) is 7.37. The monoisotopic (exact) mass is 436 g/mol. The summed E-state index contributed by atoms with van der Waals surface area (Å²) < 4.78 is 13.3. The number of hydrogen-bond acceptors (Lipinski definition) is 3. The van der Waals surface area contributed by atoms with E-state index in [1.807, 2.05) is 32.9 Å². The summed E-state index contributed by atoms with van der Waals surface area (Å²) in [5.74, 6) is -0.488. The van der Waals surface area contributed by atoms with Crippen LogP contribution in [-0.4, -0.2) is 34.6 Å². The fraction of sp³-hybridized carbons (Fsp3) is 0.364. The van der Waals surface area contributed by atoms with Gasteiger partial charge in [0.05, 0.1) is 5.75 Å². The van der Waals surface area contributed by atoms with Crippen molar-refractivity contribution in [1.82, 2.24) is 10.2 Å². The third-order valence-electron chi connectivity index (χ3n) is 4.26. The van der Waals surface area contributed by atoms with Crippen molar-refractivity contribution in [2.24, 2.45) is 0 Å². The molecule has 29 heavy (non-hydrogen) atoms. The highest BCUT2D eigenvalue weighted by Crippen LogP contribution is 2.22. The Bertz CT molecular complexity index is 813. The highest BCUT2D eigenvalue weighted by atomic mass is 35.5. The first-order valence-electron chi connectivity index (χ1n) is 9.52. The quantitative estimate of drug-likeness (QED) is 0.568. The first kappa shape index (κ1) is 23.2. The van der Waals surface area contributed by atoms with Crippen molar-refractivity contribution >= 4 is 35.2 Å². The number of carbonyl (C=O) groups excluding carboxylic acids is 2. The molecule has 2 rings (SSSR count). The number of carbonyl (C=O) groups is 2. The van der Waals surface area contributed by atoms with Gasteiger partial charge in [0.2, 0.25) is 11.8 Å². The van der Waals surface area contributed by atoms with Gasteiger partial charge < -0.3 is 10.2 Å². The Hall–Kier alpha value is -2.05. The maximum atomic E-state index is 13.3. The molecule has 0 heterocycles. The normalized spacial score (nSPS) is 11.9. The average molecular weight is 437 g/mol. The van der Waals surface area contributed by atoms with E-state index < -0.39 is 6.04 Å². The van der Waals surface area contributed by atoms with E-state index in [2.05, 4.69) is 5.32 Å². The zero-order valence-electron chi connectivity index (χ0n) is 16.8. The molecule has 0 aromatic heterocycles. The minimum atomic E-state index is -0.597. The van der Waals surface area contributed by atoms with Crippen LogP contribution in [0.3, 0.4) is 0 Å². The molecule has 0 aliphatic carbocycles. The third-order valence-corrected chi connectivity index (χ3v) is 5.51. The van der Waals surface area contributed by atoms with Crippen LogP contribution in [0.1, 0.15) is 32.8 Å². The molecule has 4 nitrogen and oxygen atoms in total. The number of hydrogen-bond donors (Lipinski definition) is 1. The van der Waals surface area contributed by atoms with Gasteiger partial charge in [-0.25, -0.2) is 4.39 Å². The van der Waals surface area contributed by atoms with Crippen LogP contribution in [0, 0.1) is 5.82 Å². The Morgan fingerprint density at radius 1 is 1.10 bits per heavy atom. The number of benzene rings is 2. The molecule has 0 unspecified atom stereocenters. The lowest BCUT2D eigenvalue weighted by Crippen LogP contribution is -2.50. The summed E-state index contributed by atoms with van der Waals surface area (Å²) in [5, 5.41) is 3.52. The van der Waals surface area contributed by atoms with Crippen molar-refractivity contribution in [2.75, 3.05) is 5.75 Å². The largest absolute Gasteiger partial charge is 0.352 e. The van der Waals surface area contributed by atoms with Crippen molar-refractivity contribution in [3.05, 3.63) is 64.9 Å². The lowest BCUT2D eigenvalue weighted by molar-refractivity contribution is -0.139. The number of nitrogens with zero attached hydrogens (tertiary/aromatic N) is 1. The van der Waals surface area contributed by atoms with E-state index in [0.717, 1.165) is 10.5 Å². The highest BCUT2D eigenvalue weighted by molar-refractivity contribution is 8.00. The van der Waals surface area contributed by atoms with Crippen LogP contribution in [0.25, 0.3) is 0 Å². The van der Waals surface area contributed by atoms with Gasteiger partial charge in [-0.2, -0.15) is 0 Å². The van der Waals surface area contributed by atoms with E-state index in [1.165, 1.54) is 23.9 Å². The molecule has 0 spiro atoms. The Balaban J connectivity index is 2.18. The summed E-state index contributed by atoms with van der Waals surface area (Å²) in [6.45, 7) is 5.88. The van der Waals surface area contributed by atoms with E-state index in [-0.39, 0.29) is 36.0 Å². The molecule has 0 aliphatic rings. The molecule has 0 saturated carbocycles. The molecule has 1 atom stereocenters. The Kier molecular flexibility index (Phi) is 8.99. The Morgan fingerprint density at radius 2 is 1.72 bits per heavy atom. The molecule has 7 heteroatoms. The van der Waals surface area contributed by atoms with Crippen molar-refractivity contribution in [3.63, 3.8) is 0 Å². The molecular formula is C22H26ClFN2O2S. The molecule has 1 N–H and O–H groups in total. The lowest BCUT2D eigenvalue weighted by Gasteiger charge is -2.31. The predicted molar refractivity (Wildman–Crippen MR) is 116 cm³/mol. The summed E-state index contributed by atoms with van der Waals surface area (Å²) in [6, 6.07) is 12.6. The number of rotatable bonds is 9. The van der Waals surface area contributed by atoms with Gasteiger partial charge in [0, 0.05) is 22.5 Å². The number of halogens is 2. The van der Waals surface area contributed by atoms with E-state index in [1.54, 1.807) is 29.2 Å². The van der Waals surface area contributed by atoms with Gasteiger partial charge in [0.1, 0.15) is 11.9 Å². The predicted octanol–water partition coefficient (Wildman–Crippen LogP) is 4.90. The van der Waals surface area contributed by atoms with Crippen LogP contribution >= 0.6 is 23.4 Å². The van der Waals surface area contributed by atoms with E-state index in [4.69, 9.17) is 11.6 Å². The van der Waals surface area contributed by atoms with Crippen LogP contribution in [0.5, 0.6) is 0 Å². The fourth-order valence-electron chi connectivity index (χ4n) is 2.85. The van der Waals surface area contributed by atoms with Crippen molar-refractivity contribution in [3.8, 4) is 0 Å². The minimum absolute atomic E-state index is 0.0252. The number of nitrogens with one attached hydrogen (secondary N) is 1. The highest BCUT2D eigenvalue weighted by Gasteiger charge is 2.28. The average Bonchev–Trinajstić information content (AvgIpc) is 2.68. The first-order chi connectivity index (χ1) is 13.8. The molecule has 2 aromatic carbocycles. The number of thioether (sulfide) groups is 1. The van der Waals surface area contributed by atoms with Crippen LogP contribution < -0.4 is 5.32 Å². The lowest BCUT2D eigenvalue weighted by atomic mass is 10.1.